The van der Waals surface area contributed by atoms with Gasteiger partial charge in [-0.2, -0.15) is 0 Å². The zero-order chi connectivity index (χ0) is 17.9. The molecule has 1 atom stereocenters. The molecule has 0 bridgehead atoms. The molecule has 1 unspecified atom stereocenters. The van der Waals surface area contributed by atoms with Crippen LogP contribution in [0.1, 0.15) is 30.0 Å². The molecule has 6 heteroatoms. The van der Waals surface area contributed by atoms with Crippen molar-refractivity contribution in [2.24, 2.45) is 0 Å². The maximum Gasteiger partial charge on any atom is 0.177 e. The smallest absolute Gasteiger partial charge is 0.177 e. The molecule has 1 aliphatic rings. The highest BCUT2D eigenvalue weighted by atomic mass is 19.1. The summed E-state index contributed by atoms with van der Waals surface area (Å²) >= 11 is 0. The van der Waals surface area contributed by atoms with E-state index in [0.29, 0.717) is 18.7 Å². The second kappa shape index (κ2) is 7.25. The van der Waals surface area contributed by atoms with Crippen LogP contribution in [0, 0.1) is 5.82 Å². The van der Waals surface area contributed by atoms with Gasteiger partial charge in [0, 0.05) is 17.8 Å². The van der Waals surface area contributed by atoms with Gasteiger partial charge in [0.2, 0.25) is 0 Å². The molecule has 3 aromatic rings. The number of hydrogen-bond donors (Lipinski definition) is 0. The number of aromatic nitrogens is 3. The summed E-state index contributed by atoms with van der Waals surface area (Å²) < 4.78 is 21.4. The van der Waals surface area contributed by atoms with Crippen LogP contribution in [0.25, 0.3) is 0 Å². The van der Waals surface area contributed by atoms with Gasteiger partial charge in [0.1, 0.15) is 11.5 Å². The third-order valence-electron chi connectivity index (χ3n) is 4.67. The standard InChI is InChI=1S/C20H21FN4O/c1-2-15-7-9-17(10-8-15)25-11-12-26-20(25)19-14-24(23-22-19)13-16-5-3-4-6-18(16)21/h3-10,14,20H,2,11-13H2,1H3. The van der Waals surface area contributed by atoms with E-state index in [-0.39, 0.29) is 12.0 Å². The van der Waals surface area contributed by atoms with Gasteiger partial charge >= 0.3 is 0 Å². The van der Waals surface area contributed by atoms with Crippen molar-refractivity contribution in [3.05, 3.63) is 77.4 Å². The van der Waals surface area contributed by atoms with Gasteiger partial charge in [0.15, 0.2) is 6.23 Å². The van der Waals surface area contributed by atoms with E-state index in [0.717, 1.165) is 24.3 Å². The van der Waals surface area contributed by atoms with E-state index in [1.807, 2.05) is 12.3 Å². The van der Waals surface area contributed by atoms with Gasteiger partial charge in [-0.3, -0.25) is 0 Å². The highest BCUT2D eigenvalue weighted by Gasteiger charge is 2.29. The van der Waals surface area contributed by atoms with E-state index in [1.165, 1.54) is 11.6 Å². The van der Waals surface area contributed by atoms with Crippen LogP contribution in [0.15, 0.2) is 54.7 Å². The highest BCUT2D eigenvalue weighted by molar-refractivity contribution is 5.49. The fourth-order valence-corrected chi connectivity index (χ4v) is 3.21. The van der Waals surface area contributed by atoms with Crippen molar-refractivity contribution in [2.45, 2.75) is 26.1 Å². The summed E-state index contributed by atoms with van der Waals surface area (Å²) in [5.74, 6) is -0.237. The number of rotatable bonds is 5. The highest BCUT2D eigenvalue weighted by Crippen LogP contribution is 2.31. The van der Waals surface area contributed by atoms with Crippen LogP contribution in [-0.2, 0) is 17.7 Å². The van der Waals surface area contributed by atoms with Crippen molar-refractivity contribution < 1.29 is 9.13 Å². The van der Waals surface area contributed by atoms with Crippen molar-refractivity contribution in [1.29, 1.82) is 0 Å². The SMILES string of the molecule is CCc1ccc(N2CCOC2c2cn(Cc3ccccc3F)nn2)cc1. The summed E-state index contributed by atoms with van der Waals surface area (Å²) in [7, 11) is 0. The number of ether oxygens (including phenoxy) is 1. The number of hydrogen-bond acceptors (Lipinski definition) is 4. The first-order chi connectivity index (χ1) is 12.7. The summed E-state index contributed by atoms with van der Waals surface area (Å²) in [5, 5.41) is 8.40. The summed E-state index contributed by atoms with van der Waals surface area (Å²) in [6.45, 7) is 3.93. The Kier molecular flexibility index (Phi) is 4.67. The first-order valence-electron chi connectivity index (χ1n) is 8.85. The first kappa shape index (κ1) is 16.7. The average Bonchev–Trinajstić information content (AvgIpc) is 3.33. The van der Waals surface area contributed by atoms with Crippen LogP contribution in [0.4, 0.5) is 10.1 Å². The Hall–Kier alpha value is -2.73. The molecule has 0 amide bonds. The third kappa shape index (κ3) is 3.32. The Labute approximate surface area is 152 Å². The molecule has 26 heavy (non-hydrogen) atoms. The largest absolute Gasteiger partial charge is 0.350 e. The van der Waals surface area contributed by atoms with Crippen LogP contribution in [0.2, 0.25) is 0 Å². The van der Waals surface area contributed by atoms with Crippen molar-refractivity contribution in [1.82, 2.24) is 15.0 Å². The van der Waals surface area contributed by atoms with Gasteiger partial charge in [-0.05, 0) is 30.2 Å². The fraction of sp³-hybridized carbons (Fsp3) is 0.300. The molecular formula is C20H21FN4O. The van der Waals surface area contributed by atoms with Crippen molar-refractivity contribution >= 4 is 5.69 Å². The minimum Gasteiger partial charge on any atom is -0.350 e. The molecule has 5 nitrogen and oxygen atoms in total. The Morgan fingerprint density at radius 3 is 2.73 bits per heavy atom. The molecular weight excluding hydrogens is 331 g/mol. The maximum absolute atomic E-state index is 13.8. The molecule has 0 N–H and O–H groups in total. The van der Waals surface area contributed by atoms with E-state index in [2.05, 4.69) is 46.4 Å². The molecule has 0 spiro atoms. The monoisotopic (exact) mass is 352 g/mol. The molecule has 1 fully saturated rings. The number of benzene rings is 2. The predicted molar refractivity (Wildman–Crippen MR) is 97.4 cm³/mol. The van der Waals surface area contributed by atoms with Crippen LogP contribution in [-0.4, -0.2) is 28.1 Å². The molecule has 1 aromatic heterocycles. The Morgan fingerprint density at radius 1 is 1.15 bits per heavy atom. The number of nitrogens with zero attached hydrogens (tertiary/aromatic N) is 4. The van der Waals surface area contributed by atoms with Crippen LogP contribution < -0.4 is 4.90 Å². The number of anilines is 1. The van der Waals surface area contributed by atoms with Crippen molar-refractivity contribution in [3.8, 4) is 0 Å². The molecule has 4 rings (SSSR count). The number of halogens is 1. The minimum atomic E-state index is -0.267. The lowest BCUT2D eigenvalue weighted by atomic mass is 10.1. The van der Waals surface area contributed by atoms with Crippen molar-refractivity contribution in [3.63, 3.8) is 0 Å². The average molecular weight is 352 g/mol. The van der Waals surface area contributed by atoms with E-state index < -0.39 is 0 Å². The quantitative estimate of drug-likeness (QED) is 0.704. The molecule has 0 aliphatic carbocycles. The van der Waals surface area contributed by atoms with Gasteiger partial charge in [-0.15, -0.1) is 5.10 Å². The van der Waals surface area contributed by atoms with E-state index in [4.69, 9.17) is 4.74 Å². The Morgan fingerprint density at radius 2 is 1.96 bits per heavy atom. The molecule has 1 saturated heterocycles. The topological polar surface area (TPSA) is 43.2 Å². The zero-order valence-corrected chi connectivity index (χ0v) is 14.7. The van der Waals surface area contributed by atoms with Crippen LogP contribution >= 0.6 is 0 Å². The second-order valence-corrected chi connectivity index (χ2v) is 6.37. The van der Waals surface area contributed by atoms with Crippen LogP contribution in [0.3, 0.4) is 0 Å². The summed E-state index contributed by atoms with van der Waals surface area (Å²) in [5.41, 5.74) is 3.73. The Balaban J connectivity index is 1.53. The Bertz CT molecular complexity index is 878. The molecule has 2 heterocycles. The van der Waals surface area contributed by atoms with Crippen molar-refractivity contribution in [2.75, 3.05) is 18.1 Å². The second-order valence-electron chi connectivity index (χ2n) is 6.37. The first-order valence-corrected chi connectivity index (χ1v) is 8.85. The van der Waals surface area contributed by atoms with Gasteiger partial charge in [-0.25, -0.2) is 9.07 Å². The molecule has 2 aromatic carbocycles. The molecule has 1 aliphatic heterocycles. The lowest BCUT2D eigenvalue weighted by molar-refractivity contribution is 0.110. The normalized spacial score (nSPS) is 17.0. The number of aryl methyl sites for hydroxylation is 1. The van der Waals surface area contributed by atoms with Crippen LogP contribution in [0.5, 0.6) is 0 Å². The van der Waals surface area contributed by atoms with Gasteiger partial charge in [0.05, 0.1) is 19.3 Å². The molecule has 0 radical (unpaired) electrons. The lowest BCUT2D eigenvalue weighted by Crippen LogP contribution is -2.23. The van der Waals surface area contributed by atoms with Gasteiger partial charge < -0.3 is 9.64 Å². The predicted octanol–water partition coefficient (Wildman–Crippen LogP) is 3.56. The maximum atomic E-state index is 13.8. The summed E-state index contributed by atoms with van der Waals surface area (Å²) in [4.78, 5) is 2.18. The summed E-state index contributed by atoms with van der Waals surface area (Å²) in [6.07, 6.45) is 2.58. The minimum absolute atomic E-state index is 0.237. The third-order valence-corrected chi connectivity index (χ3v) is 4.67. The van der Waals surface area contributed by atoms with E-state index in [9.17, 15) is 4.39 Å². The molecule has 0 saturated carbocycles. The van der Waals surface area contributed by atoms with Gasteiger partial charge in [0.25, 0.3) is 0 Å². The van der Waals surface area contributed by atoms with E-state index in [1.54, 1.807) is 16.8 Å². The summed E-state index contributed by atoms with van der Waals surface area (Å²) in [6, 6.07) is 15.2. The van der Waals surface area contributed by atoms with Gasteiger partial charge in [-0.1, -0.05) is 42.5 Å². The van der Waals surface area contributed by atoms with E-state index >= 15 is 0 Å². The fourth-order valence-electron chi connectivity index (χ4n) is 3.21. The molecule has 134 valence electrons. The lowest BCUT2D eigenvalue weighted by Gasteiger charge is -2.23. The zero-order valence-electron chi connectivity index (χ0n) is 14.7.